The highest BCUT2D eigenvalue weighted by Gasteiger charge is 2.21. The molecule has 4 heterocycles. The monoisotopic (exact) mass is 1030 g/mol. The van der Waals surface area contributed by atoms with Gasteiger partial charge >= 0.3 is 0 Å². The Bertz CT molecular complexity index is 4930. The molecular formula is C73H42N8. The molecule has 15 rings (SSSR count). The molecule has 0 aliphatic carbocycles. The van der Waals surface area contributed by atoms with E-state index in [4.69, 9.17) is 9.97 Å². The molecule has 15 aromatic rings. The highest BCUT2D eigenvalue weighted by atomic mass is 15.0. The van der Waals surface area contributed by atoms with Crippen LogP contribution in [-0.4, -0.2) is 23.7 Å². The minimum atomic E-state index is 0.543. The van der Waals surface area contributed by atoms with Gasteiger partial charge in [-0.25, -0.2) is 9.97 Å². The molecular weight excluding hydrogens is 989 g/mol. The summed E-state index contributed by atoms with van der Waals surface area (Å²) < 4.78 is 6.77. The number of para-hydroxylation sites is 2. The molecule has 0 unspecified atom stereocenters. The third kappa shape index (κ3) is 7.73. The van der Waals surface area contributed by atoms with Crippen LogP contribution < -0.4 is 0 Å². The molecule has 0 saturated heterocycles. The molecule has 0 amide bonds. The van der Waals surface area contributed by atoms with Crippen LogP contribution in [0.25, 0.3) is 139 Å². The summed E-state index contributed by atoms with van der Waals surface area (Å²) in [6, 6.07) is 94.4. The van der Waals surface area contributed by atoms with Gasteiger partial charge in [-0.1, -0.05) is 152 Å². The zero-order valence-corrected chi connectivity index (χ0v) is 43.3. The first-order valence-electron chi connectivity index (χ1n) is 26.7. The third-order valence-corrected chi connectivity index (χ3v) is 15.8. The van der Waals surface area contributed by atoms with Crippen LogP contribution >= 0.6 is 0 Å². The number of aromatic nitrogens is 5. The van der Waals surface area contributed by atoms with Crippen molar-refractivity contribution in [1.82, 2.24) is 23.7 Å². The summed E-state index contributed by atoms with van der Waals surface area (Å²) >= 11 is 0. The number of rotatable bonds is 8. The molecule has 11 aromatic carbocycles. The van der Waals surface area contributed by atoms with E-state index in [1.54, 1.807) is 0 Å². The van der Waals surface area contributed by atoms with E-state index in [-0.39, 0.29) is 0 Å². The van der Waals surface area contributed by atoms with Crippen LogP contribution in [0.2, 0.25) is 0 Å². The quantitative estimate of drug-likeness (QED) is 0.150. The number of nitriles is 3. The Labute approximate surface area is 465 Å². The first kappa shape index (κ1) is 46.7. The lowest BCUT2D eigenvalue weighted by molar-refractivity contribution is 1.15. The largest absolute Gasteiger partial charge is 0.309 e. The molecule has 0 atom stereocenters. The smallest absolute Gasteiger partial charge is 0.160 e. The van der Waals surface area contributed by atoms with E-state index < -0.39 is 0 Å². The van der Waals surface area contributed by atoms with Crippen LogP contribution in [0.3, 0.4) is 0 Å². The van der Waals surface area contributed by atoms with Gasteiger partial charge in [0.15, 0.2) is 5.82 Å². The van der Waals surface area contributed by atoms with Gasteiger partial charge in [0, 0.05) is 60.4 Å². The second kappa shape index (κ2) is 18.8. The van der Waals surface area contributed by atoms with E-state index in [0.717, 1.165) is 133 Å². The molecule has 0 fully saturated rings. The fourth-order valence-corrected chi connectivity index (χ4v) is 11.9. The predicted molar refractivity (Wildman–Crippen MR) is 326 cm³/mol. The van der Waals surface area contributed by atoms with Crippen molar-refractivity contribution in [1.29, 1.82) is 15.8 Å². The van der Waals surface area contributed by atoms with Crippen LogP contribution in [0, 0.1) is 34.0 Å². The lowest BCUT2D eigenvalue weighted by Crippen LogP contribution is -1.99. The van der Waals surface area contributed by atoms with Crippen molar-refractivity contribution in [2.45, 2.75) is 0 Å². The van der Waals surface area contributed by atoms with Gasteiger partial charge in [0.25, 0.3) is 0 Å². The second-order valence-electron chi connectivity index (χ2n) is 20.3. The number of fused-ring (bicyclic) bond motifs is 9. The maximum atomic E-state index is 11.1. The Kier molecular flexibility index (Phi) is 10.8. The van der Waals surface area contributed by atoms with Gasteiger partial charge < -0.3 is 13.7 Å². The van der Waals surface area contributed by atoms with Crippen molar-refractivity contribution in [2.75, 3.05) is 0 Å². The first-order chi connectivity index (χ1) is 40.0. The summed E-state index contributed by atoms with van der Waals surface area (Å²) in [6.45, 7) is 0. The topological polar surface area (TPSA) is 112 Å². The van der Waals surface area contributed by atoms with Gasteiger partial charge in [0.2, 0.25) is 0 Å². The molecule has 4 aromatic heterocycles. The van der Waals surface area contributed by atoms with Crippen molar-refractivity contribution in [2.24, 2.45) is 0 Å². The summed E-state index contributed by atoms with van der Waals surface area (Å²) in [7, 11) is 0. The maximum Gasteiger partial charge on any atom is 0.160 e. The van der Waals surface area contributed by atoms with Gasteiger partial charge in [0.1, 0.15) is 6.07 Å². The Morgan fingerprint density at radius 2 is 0.667 bits per heavy atom. The molecule has 0 saturated carbocycles. The molecule has 0 radical (unpaired) electrons. The molecule has 8 heteroatoms. The van der Waals surface area contributed by atoms with Crippen LogP contribution in [0.15, 0.2) is 255 Å². The molecule has 0 aliphatic heterocycles. The average molecular weight is 1030 g/mol. The van der Waals surface area contributed by atoms with Gasteiger partial charge in [0.05, 0.1) is 79.0 Å². The number of nitrogens with zero attached hydrogens (tertiary/aromatic N) is 8. The standard InChI is InChI=1S/C73H42N8/c74-43-46-19-32-69-60(37-46)58-15-7-9-17-67(58)79(69)56-30-35-71-62(40-56)63-41-57(80-68-18-10-8-16-59(68)61-38-47(44-75)20-33-70(61)80)31-36-72(63)81(71)66-34-29-54(39-55(66)45-76)50-23-21-48(22-24-50)49-25-27-52(28-26-49)65-42-64(51-11-3-1-4-12-51)77-73(78-65)53-13-5-2-6-14-53/h1-42H. The number of hydrogen-bond acceptors (Lipinski definition) is 5. The van der Waals surface area contributed by atoms with Crippen LogP contribution in [0.5, 0.6) is 0 Å². The minimum absolute atomic E-state index is 0.543. The van der Waals surface area contributed by atoms with E-state index in [1.807, 2.05) is 103 Å². The fourth-order valence-electron chi connectivity index (χ4n) is 11.9. The van der Waals surface area contributed by atoms with E-state index in [2.05, 4.69) is 184 Å². The van der Waals surface area contributed by atoms with Gasteiger partial charge in [-0.3, -0.25) is 0 Å². The minimum Gasteiger partial charge on any atom is -0.309 e. The first-order valence-corrected chi connectivity index (χ1v) is 26.7. The van der Waals surface area contributed by atoms with Crippen LogP contribution in [0.4, 0.5) is 0 Å². The molecule has 0 bridgehead atoms. The predicted octanol–water partition coefficient (Wildman–Crippen LogP) is 17.7. The SMILES string of the molecule is N#Cc1ccc2c(c1)c1ccccc1n2-c1ccc2c(c1)c1cc(-n3c4ccccc4c4cc(C#N)ccc43)ccc1n2-c1ccc(-c2ccc(-c3ccc(-c4cc(-c5ccccc5)nc(-c5ccccc5)n4)cc3)cc2)cc1C#N. The summed E-state index contributed by atoms with van der Waals surface area (Å²) in [5.74, 6) is 0.681. The van der Waals surface area contributed by atoms with Crippen molar-refractivity contribution in [3.63, 3.8) is 0 Å². The van der Waals surface area contributed by atoms with Gasteiger partial charge in [-0.2, -0.15) is 15.8 Å². The molecule has 8 nitrogen and oxygen atoms in total. The third-order valence-electron chi connectivity index (χ3n) is 15.8. The van der Waals surface area contributed by atoms with E-state index >= 15 is 0 Å². The molecule has 81 heavy (non-hydrogen) atoms. The fraction of sp³-hybridized carbons (Fsp3) is 0. The zero-order valence-electron chi connectivity index (χ0n) is 43.3. The Morgan fingerprint density at radius 1 is 0.272 bits per heavy atom. The van der Waals surface area contributed by atoms with E-state index in [9.17, 15) is 15.8 Å². The summed E-state index contributed by atoms with van der Waals surface area (Å²) in [5, 5.41) is 37.0. The van der Waals surface area contributed by atoms with E-state index in [0.29, 0.717) is 22.5 Å². The zero-order chi connectivity index (χ0) is 54.1. The van der Waals surface area contributed by atoms with Crippen LogP contribution in [-0.2, 0) is 0 Å². The highest BCUT2D eigenvalue weighted by Crippen LogP contribution is 2.41. The molecule has 0 N–H and O–H groups in total. The normalized spacial score (nSPS) is 11.4. The van der Waals surface area contributed by atoms with E-state index in [1.165, 1.54) is 0 Å². The highest BCUT2D eigenvalue weighted by molar-refractivity contribution is 6.14. The molecule has 0 aliphatic rings. The van der Waals surface area contributed by atoms with Crippen molar-refractivity contribution < 1.29 is 0 Å². The lowest BCUT2D eigenvalue weighted by Gasteiger charge is -2.13. The Balaban J connectivity index is 0.823. The Morgan fingerprint density at radius 3 is 1.17 bits per heavy atom. The number of hydrogen-bond donors (Lipinski definition) is 0. The second-order valence-corrected chi connectivity index (χ2v) is 20.3. The van der Waals surface area contributed by atoms with Gasteiger partial charge in [-0.15, -0.1) is 0 Å². The molecule has 374 valence electrons. The Hall–Kier alpha value is -11.6. The molecule has 0 spiro atoms. The summed E-state index contributed by atoms with van der Waals surface area (Å²) in [4.78, 5) is 10.00. The average Bonchev–Trinajstić information content (AvgIpc) is 4.39. The van der Waals surface area contributed by atoms with Crippen molar-refractivity contribution >= 4 is 65.4 Å². The van der Waals surface area contributed by atoms with Crippen LogP contribution in [0.1, 0.15) is 16.7 Å². The van der Waals surface area contributed by atoms with Crippen molar-refractivity contribution in [3.05, 3.63) is 271 Å². The number of benzene rings is 11. The maximum absolute atomic E-state index is 11.1. The van der Waals surface area contributed by atoms with Gasteiger partial charge in [-0.05, 0) is 125 Å². The van der Waals surface area contributed by atoms with Crippen molar-refractivity contribution in [3.8, 4) is 91.4 Å². The lowest BCUT2D eigenvalue weighted by atomic mass is 9.97. The summed E-state index contributed by atoms with van der Waals surface area (Å²) in [6.07, 6.45) is 0. The summed E-state index contributed by atoms with van der Waals surface area (Å²) in [5.41, 5.74) is 19.3.